The molecule has 4 rings (SSSR count). The second-order valence-electron chi connectivity index (χ2n) is 8.57. The molecule has 0 aliphatic heterocycles. The Morgan fingerprint density at radius 1 is 1.03 bits per heavy atom. The van der Waals surface area contributed by atoms with Crippen molar-refractivity contribution in [2.75, 3.05) is 43.4 Å². The molecule has 2 aromatic heterocycles. The van der Waals surface area contributed by atoms with Gasteiger partial charge in [-0.05, 0) is 62.6 Å². The van der Waals surface area contributed by atoms with Crippen LogP contribution in [-0.2, 0) is 14.8 Å². The van der Waals surface area contributed by atoms with Gasteiger partial charge in [0.25, 0.3) is 10.0 Å². The quantitative estimate of drug-likeness (QED) is 0.271. The second-order valence-corrected chi connectivity index (χ2v) is 11.7. The maximum absolute atomic E-state index is 13.4. The van der Waals surface area contributed by atoms with Crippen LogP contribution in [0, 0.1) is 0 Å². The number of carboxylic acids is 1. The smallest absolute Gasteiger partial charge is 0.324 e. The molecule has 4 aromatic rings. The van der Waals surface area contributed by atoms with E-state index in [-0.39, 0.29) is 20.6 Å². The molecule has 2 N–H and O–H groups in total. The molecule has 38 heavy (non-hydrogen) atoms. The molecular weight excluding hydrogens is 575 g/mol. The first kappa shape index (κ1) is 27.9. The van der Waals surface area contributed by atoms with Gasteiger partial charge in [-0.1, -0.05) is 34.8 Å². The third-order valence-electron chi connectivity index (χ3n) is 5.49. The predicted molar refractivity (Wildman–Crippen MR) is 150 cm³/mol. The van der Waals surface area contributed by atoms with Crippen LogP contribution in [0.25, 0.3) is 16.7 Å². The zero-order chi connectivity index (χ0) is 27.6. The number of nitrogens with one attached hydrogen (secondary N) is 1. The molecule has 0 unspecified atom stereocenters. The first-order valence-electron chi connectivity index (χ1n) is 11.2. The van der Waals surface area contributed by atoms with Crippen LogP contribution in [0.4, 0.5) is 11.5 Å². The van der Waals surface area contributed by atoms with Gasteiger partial charge in [-0.2, -0.15) is 0 Å². The summed E-state index contributed by atoms with van der Waals surface area (Å²) in [5.41, 5.74) is 0.724. The fourth-order valence-corrected chi connectivity index (χ4v) is 6.10. The topological polar surface area (TPSA) is 121 Å². The van der Waals surface area contributed by atoms with Crippen LogP contribution >= 0.6 is 34.8 Å². The van der Waals surface area contributed by atoms with Gasteiger partial charge < -0.3 is 15.3 Å². The van der Waals surface area contributed by atoms with Crippen LogP contribution in [0.15, 0.2) is 59.6 Å². The highest BCUT2D eigenvalue weighted by molar-refractivity contribution is 7.92. The van der Waals surface area contributed by atoms with Crippen molar-refractivity contribution >= 4 is 73.2 Å². The molecule has 0 aliphatic rings. The molecule has 0 saturated carbocycles. The van der Waals surface area contributed by atoms with Crippen molar-refractivity contribution in [3.05, 3.63) is 69.8 Å². The zero-order valence-corrected chi connectivity index (χ0v) is 23.4. The van der Waals surface area contributed by atoms with E-state index in [1.807, 2.05) is 19.0 Å². The number of benzene rings is 2. The fourth-order valence-electron chi connectivity index (χ4n) is 3.72. The highest BCUT2D eigenvalue weighted by Crippen LogP contribution is 2.34. The maximum Gasteiger partial charge on any atom is 0.324 e. The molecule has 0 atom stereocenters. The van der Waals surface area contributed by atoms with Crippen LogP contribution < -0.4 is 9.62 Å². The molecular formula is C24H23Cl3N6O4S. The third-order valence-corrected chi connectivity index (χ3v) is 7.98. The Bertz CT molecular complexity index is 1570. The monoisotopic (exact) mass is 596 g/mol. The summed E-state index contributed by atoms with van der Waals surface area (Å²) in [5, 5.41) is 22.2. The molecule has 200 valence electrons. The minimum absolute atomic E-state index is 0.0990. The standard InChI is InChI=1S/C24H23Cl3N6O4S/c1-31(2)8-7-28-22-5-6-23(30-29-22)32-13-20(27)19-12-17(3-4-21(19)32)33(14-24(34)35)38(36,37)18-10-15(25)9-16(26)11-18/h3-6,9-13H,7-8,14H2,1-2H3,(H,28,29)(H,34,35). The number of rotatable bonds is 10. The van der Waals surface area contributed by atoms with Crippen molar-refractivity contribution in [3.63, 3.8) is 0 Å². The van der Waals surface area contributed by atoms with E-state index in [0.717, 1.165) is 10.8 Å². The Labute approximate surface area is 234 Å². The number of hydrogen-bond acceptors (Lipinski definition) is 7. The second kappa shape index (κ2) is 11.3. The van der Waals surface area contributed by atoms with Gasteiger partial charge in [-0.3, -0.25) is 13.7 Å². The summed E-state index contributed by atoms with van der Waals surface area (Å²) >= 11 is 18.5. The molecule has 0 fully saturated rings. The molecule has 0 aliphatic carbocycles. The SMILES string of the molecule is CN(C)CCNc1ccc(-n2cc(Cl)c3cc(N(CC(=O)O)S(=O)(=O)c4cc(Cl)cc(Cl)c4)ccc32)nn1. The summed E-state index contributed by atoms with van der Waals surface area (Å²) in [5.74, 6) is -0.229. The number of aromatic nitrogens is 3. The minimum atomic E-state index is -4.34. The number of sulfonamides is 1. The van der Waals surface area contributed by atoms with Crippen molar-refractivity contribution in [1.82, 2.24) is 19.7 Å². The van der Waals surface area contributed by atoms with E-state index in [2.05, 4.69) is 15.5 Å². The van der Waals surface area contributed by atoms with Crippen LogP contribution in [0.3, 0.4) is 0 Å². The van der Waals surface area contributed by atoms with Crippen molar-refractivity contribution in [3.8, 4) is 5.82 Å². The molecule has 0 radical (unpaired) electrons. The van der Waals surface area contributed by atoms with Gasteiger partial charge >= 0.3 is 5.97 Å². The Hall–Kier alpha value is -3.09. The number of hydrogen-bond donors (Lipinski definition) is 2. The number of aliphatic carboxylic acids is 1. The first-order valence-corrected chi connectivity index (χ1v) is 13.8. The molecule has 10 nitrogen and oxygen atoms in total. The maximum atomic E-state index is 13.4. The number of anilines is 2. The third kappa shape index (κ3) is 6.13. The van der Waals surface area contributed by atoms with Crippen molar-refractivity contribution in [1.29, 1.82) is 0 Å². The van der Waals surface area contributed by atoms with Crippen LogP contribution in [-0.4, -0.2) is 72.9 Å². The van der Waals surface area contributed by atoms with Gasteiger partial charge in [-0.25, -0.2) is 8.42 Å². The normalized spacial score (nSPS) is 11.7. The lowest BCUT2D eigenvalue weighted by Crippen LogP contribution is -2.35. The molecule has 0 spiro atoms. The molecule has 2 heterocycles. The lowest BCUT2D eigenvalue weighted by Gasteiger charge is -2.23. The van der Waals surface area contributed by atoms with Crippen LogP contribution in [0.1, 0.15) is 0 Å². The summed E-state index contributed by atoms with van der Waals surface area (Å²) in [6.07, 6.45) is 1.63. The van der Waals surface area contributed by atoms with E-state index in [1.54, 1.807) is 29.0 Å². The van der Waals surface area contributed by atoms with E-state index in [9.17, 15) is 18.3 Å². The van der Waals surface area contributed by atoms with E-state index in [0.29, 0.717) is 34.1 Å². The predicted octanol–water partition coefficient (Wildman–Crippen LogP) is 4.63. The van der Waals surface area contributed by atoms with Crippen molar-refractivity contribution in [2.45, 2.75) is 4.90 Å². The Morgan fingerprint density at radius 3 is 2.34 bits per heavy atom. The highest BCUT2D eigenvalue weighted by Gasteiger charge is 2.28. The van der Waals surface area contributed by atoms with Crippen molar-refractivity contribution in [2.24, 2.45) is 0 Å². The van der Waals surface area contributed by atoms with Crippen molar-refractivity contribution < 1.29 is 18.3 Å². The summed E-state index contributed by atoms with van der Waals surface area (Å²) in [6.45, 7) is 0.714. The number of halogens is 3. The van der Waals surface area contributed by atoms with Gasteiger partial charge in [0, 0.05) is 34.7 Å². The lowest BCUT2D eigenvalue weighted by molar-refractivity contribution is -0.135. The Morgan fingerprint density at radius 2 is 1.74 bits per heavy atom. The number of carboxylic acid groups (broad SMARTS) is 1. The molecule has 0 saturated heterocycles. The average molecular weight is 598 g/mol. The van der Waals surface area contributed by atoms with Gasteiger partial charge in [-0.15, -0.1) is 10.2 Å². The molecule has 0 bridgehead atoms. The fraction of sp³-hybridized carbons (Fsp3) is 0.208. The van der Waals surface area contributed by atoms with Gasteiger partial charge in [0.05, 0.1) is 21.1 Å². The van der Waals surface area contributed by atoms with Gasteiger partial charge in [0.2, 0.25) is 0 Å². The lowest BCUT2D eigenvalue weighted by atomic mass is 10.2. The summed E-state index contributed by atoms with van der Waals surface area (Å²) in [6, 6.07) is 12.0. The highest BCUT2D eigenvalue weighted by atomic mass is 35.5. The largest absolute Gasteiger partial charge is 0.480 e. The van der Waals surface area contributed by atoms with E-state index in [1.165, 1.54) is 30.3 Å². The summed E-state index contributed by atoms with van der Waals surface area (Å²) < 4.78 is 29.4. The minimum Gasteiger partial charge on any atom is -0.480 e. The van der Waals surface area contributed by atoms with E-state index >= 15 is 0 Å². The number of nitrogens with zero attached hydrogens (tertiary/aromatic N) is 5. The Kier molecular flexibility index (Phi) is 8.34. The molecule has 14 heteroatoms. The summed E-state index contributed by atoms with van der Waals surface area (Å²) in [7, 11) is -0.381. The molecule has 0 amide bonds. The van der Waals surface area contributed by atoms with Gasteiger partial charge in [0.1, 0.15) is 12.4 Å². The number of carbonyl (C=O) groups is 1. The van der Waals surface area contributed by atoms with Crippen LogP contribution in [0.2, 0.25) is 15.1 Å². The van der Waals surface area contributed by atoms with E-state index < -0.39 is 22.5 Å². The number of fused-ring (bicyclic) bond motifs is 1. The zero-order valence-electron chi connectivity index (χ0n) is 20.3. The molecule has 2 aromatic carbocycles. The van der Waals surface area contributed by atoms with Gasteiger partial charge in [0.15, 0.2) is 5.82 Å². The van der Waals surface area contributed by atoms with E-state index in [4.69, 9.17) is 34.8 Å². The first-order chi connectivity index (χ1) is 18.0. The summed E-state index contributed by atoms with van der Waals surface area (Å²) in [4.78, 5) is 13.4. The Balaban J connectivity index is 1.71. The number of likely N-dealkylation sites (N-methyl/N-ethyl adjacent to an activating group) is 1. The van der Waals surface area contributed by atoms with Crippen LogP contribution in [0.5, 0.6) is 0 Å². The average Bonchev–Trinajstić information content (AvgIpc) is 3.17.